The predicted octanol–water partition coefficient (Wildman–Crippen LogP) is 0.0524. The summed E-state index contributed by atoms with van der Waals surface area (Å²) >= 11 is 0. The third-order valence-corrected chi connectivity index (χ3v) is 3.76. The normalized spacial score (nSPS) is 29.3. The molecule has 3 rings (SSSR count). The van der Waals surface area contributed by atoms with Gasteiger partial charge < -0.3 is 25.1 Å². The van der Waals surface area contributed by atoms with Crippen molar-refractivity contribution in [3.8, 4) is 0 Å². The molecular weight excluding hydrogens is 222 g/mol. The topological polar surface area (TPSA) is 77.2 Å². The molecule has 5 nitrogen and oxygen atoms in total. The highest BCUT2D eigenvalue weighted by atomic mass is 16.6. The van der Waals surface area contributed by atoms with Gasteiger partial charge in [-0.15, -0.1) is 0 Å². The number of rotatable bonds is 1. The molecule has 0 saturated carbocycles. The molecular formula is C12H23NO4. The lowest BCUT2D eigenvalue weighted by Crippen LogP contribution is -2.42. The quantitative estimate of drug-likeness (QED) is 0.638. The van der Waals surface area contributed by atoms with Crippen LogP contribution in [0.1, 0.15) is 25.7 Å². The summed E-state index contributed by atoms with van der Waals surface area (Å²) in [4.78, 5) is 0. The molecule has 3 aliphatic rings. The third kappa shape index (κ3) is 3.89. The van der Waals surface area contributed by atoms with E-state index in [-0.39, 0.29) is 0 Å². The SMILES string of the molecule is C1CC2(CCO1)CO2.NCC1(O)CCOCC1. The Bertz CT molecular complexity index is 229. The molecule has 0 aromatic heterocycles. The highest BCUT2D eigenvalue weighted by Gasteiger charge is 2.45. The molecule has 0 atom stereocenters. The smallest absolute Gasteiger partial charge is 0.0960 e. The number of ether oxygens (including phenoxy) is 3. The molecule has 3 N–H and O–H groups in total. The first kappa shape index (κ1) is 13.2. The van der Waals surface area contributed by atoms with Crippen LogP contribution in [0.15, 0.2) is 0 Å². The molecule has 0 amide bonds. The lowest BCUT2D eigenvalue weighted by molar-refractivity contribution is -0.0568. The van der Waals surface area contributed by atoms with Crippen LogP contribution >= 0.6 is 0 Å². The van der Waals surface area contributed by atoms with E-state index >= 15 is 0 Å². The second-order valence-electron chi connectivity index (χ2n) is 5.12. The fourth-order valence-corrected chi connectivity index (χ4v) is 2.09. The first-order valence-corrected chi connectivity index (χ1v) is 6.40. The van der Waals surface area contributed by atoms with Crippen LogP contribution in [0.3, 0.4) is 0 Å². The molecule has 0 bridgehead atoms. The van der Waals surface area contributed by atoms with Crippen LogP contribution in [-0.2, 0) is 14.2 Å². The Balaban J connectivity index is 0.000000127. The molecule has 0 aromatic rings. The van der Waals surface area contributed by atoms with Crippen LogP contribution in [0.2, 0.25) is 0 Å². The van der Waals surface area contributed by atoms with Crippen molar-refractivity contribution in [3.05, 3.63) is 0 Å². The molecule has 0 aliphatic carbocycles. The second kappa shape index (κ2) is 5.63. The molecule has 0 aromatic carbocycles. The van der Waals surface area contributed by atoms with Crippen molar-refractivity contribution < 1.29 is 19.3 Å². The molecule has 1 spiro atoms. The monoisotopic (exact) mass is 245 g/mol. The maximum absolute atomic E-state index is 9.48. The molecule has 0 unspecified atom stereocenters. The average Bonchev–Trinajstić information content (AvgIpc) is 3.11. The van der Waals surface area contributed by atoms with Gasteiger partial charge in [0, 0.05) is 58.7 Å². The Morgan fingerprint density at radius 1 is 0.941 bits per heavy atom. The van der Waals surface area contributed by atoms with E-state index in [0.29, 0.717) is 38.2 Å². The van der Waals surface area contributed by atoms with E-state index < -0.39 is 5.60 Å². The number of aliphatic hydroxyl groups is 1. The maximum Gasteiger partial charge on any atom is 0.0960 e. The zero-order valence-corrected chi connectivity index (χ0v) is 10.3. The minimum absolute atomic E-state index is 0.304. The molecule has 3 aliphatic heterocycles. The Hall–Kier alpha value is -0.200. The summed E-state index contributed by atoms with van der Waals surface area (Å²) in [6, 6.07) is 0. The zero-order valence-electron chi connectivity index (χ0n) is 10.3. The van der Waals surface area contributed by atoms with Crippen LogP contribution in [0.5, 0.6) is 0 Å². The number of epoxide rings is 1. The van der Waals surface area contributed by atoms with E-state index in [2.05, 4.69) is 0 Å². The summed E-state index contributed by atoms with van der Waals surface area (Å²) in [5.41, 5.74) is 5.01. The average molecular weight is 245 g/mol. The molecule has 3 fully saturated rings. The summed E-state index contributed by atoms with van der Waals surface area (Å²) in [5.74, 6) is 0. The first-order chi connectivity index (χ1) is 8.18. The minimum Gasteiger partial charge on any atom is -0.388 e. The fourth-order valence-electron chi connectivity index (χ4n) is 2.09. The van der Waals surface area contributed by atoms with Gasteiger partial charge in [0.05, 0.1) is 17.8 Å². The van der Waals surface area contributed by atoms with Crippen molar-refractivity contribution >= 4 is 0 Å². The molecule has 17 heavy (non-hydrogen) atoms. The van der Waals surface area contributed by atoms with Crippen molar-refractivity contribution in [2.75, 3.05) is 39.6 Å². The van der Waals surface area contributed by atoms with Gasteiger partial charge in [0.1, 0.15) is 0 Å². The van der Waals surface area contributed by atoms with E-state index in [0.717, 1.165) is 32.7 Å². The molecule has 3 saturated heterocycles. The summed E-state index contributed by atoms with van der Waals surface area (Å²) in [6.07, 6.45) is 3.60. The van der Waals surface area contributed by atoms with Crippen LogP contribution < -0.4 is 5.73 Å². The Labute approximate surface area is 102 Å². The van der Waals surface area contributed by atoms with Gasteiger partial charge in [-0.25, -0.2) is 0 Å². The summed E-state index contributed by atoms with van der Waals surface area (Å²) in [5, 5.41) is 9.48. The van der Waals surface area contributed by atoms with Crippen LogP contribution in [0.25, 0.3) is 0 Å². The highest BCUT2D eigenvalue weighted by Crippen LogP contribution is 2.36. The third-order valence-electron chi connectivity index (χ3n) is 3.76. The Kier molecular flexibility index (Phi) is 4.38. The first-order valence-electron chi connectivity index (χ1n) is 6.40. The standard InChI is InChI=1S/C6H13NO2.C6H10O2/c7-5-6(8)1-3-9-4-2-6;1-3-7-4-2-6(1)5-8-6/h8H,1-5,7H2;1-5H2. The maximum atomic E-state index is 9.48. The highest BCUT2D eigenvalue weighted by molar-refractivity contribution is 4.93. The van der Waals surface area contributed by atoms with Crippen molar-refractivity contribution in [2.45, 2.75) is 36.9 Å². The van der Waals surface area contributed by atoms with Gasteiger partial charge in [0.2, 0.25) is 0 Å². The minimum atomic E-state index is -0.627. The van der Waals surface area contributed by atoms with Gasteiger partial charge in [-0.2, -0.15) is 0 Å². The Morgan fingerprint density at radius 2 is 1.41 bits per heavy atom. The van der Waals surface area contributed by atoms with Crippen molar-refractivity contribution in [1.29, 1.82) is 0 Å². The Morgan fingerprint density at radius 3 is 1.71 bits per heavy atom. The van der Waals surface area contributed by atoms with Gasteiger partial charge >= 0.3 is 0 Å². The van der Waals surface area contributed by atoms with E-state index in [1.54, 1.807) is 0 Å². The van der Waals surface area contributed by atoms with Crippen molar-refractivity contribution in [3.63, 3.8) is 0 Å². The number of hydrogen-bond donors (Lipinski definition) is 2. The largest absolute Gasteiger partial charge is 0.388 e. The van der Waals surface area contributed by atoms with Crippen LogP contribution in [0.4, 0.5) is 0 Å². The van der Waals surface area contributed by atoms with Crippen LogP contribution in [0, 0.1) is 0 Å². The van der Waals surface area contributed by atoms with Crippen molar-refractivity contribution in [1.82, 2.24) is 0 Å². The van der Waals surface area contributed by atoms with Gasteiger partial charge in [-0.05, 0) is 0 Å². The molecule has 0 radical (unpaired) electrons. The predicted molar refractivity (Wildman–Crippen MR) is 62.8 cm³/mol. The van der Waals surface area contributed by atoms with Gasteiger partial charge in [-0.1, -0.05) is 0 Å². The van der Waals surface area contributed by atoms with E-state index in [1.165, 1.54) is 0 Å². The summed E-state index contributed by atoms with van der Waals surface area (Å²) in [7, 11) is 0. The van der Waals surface area contributed by atoms with Gasteiger partial charge in [0.25, 0.3) is 0 Å². The summed E-state index contributed by atoms with van der Waals surface area (Å²) in [6.45, 7) is 4.44. The molecule has 5 heteroatoms. The molecule has 100 valence electrons. The second-order valence-corrected chi connectivity index (χ2v) is 5.12. The fraction of sp³-hybridized carbons (Fsp3) is 1.00. The van der Waals surface area contributed by atoms with Crippen molar-refractivity contribution in [2.24, 2.45) is 5.73 Å². The van der Waals surface area contributed by atoms with Gasteiger partial charge in [-0.3, -0.25) is 0 Å². The zero-order chi connectivity index (χ0) is 12.2. The number of nitrogens with two attached hydrogens (primary N) is 1. The van der Waals surface area contributed by atoms with E-state index in [4.69, 9.17) is 19.9 Å². The lowest BCUT2D eigenvalue weighted by Gasteiger charge is -2.30. The van der Waals surface area contributed by atoms with Crippen LogP contribution in [-0.4, -0.2) is 55.9 Å². The number of hydrogen-bond acceptors (Lipinski definition) is 5. The van der Waals surface area contributed by atoms with Gasteiger partial charge in [0.15, 0.2) is 0 Å². The van der Waals surface area contributed by atoms with E-state index in [9.17, 15) is 5.11 Å². The summed E-state index contributed by atoms with van der Waals surface area (Å²) < 4.78 is 15.5. The van der Waals surface area contributed by atoms with E-state index in [1.807, 2.05) is 0 Å². The molecule has 3 heterocycles. The lowest BCUT2D eigenvalue weighted by atomic mass is 9.95.